The molecule has 6 nitrogen and oxygen atoms in total. The summed E-state index contributed by atoms with van der Waals surface area (Å²) in [7, 11) is 3.22. The smallest absolute Gasteiger partial charge is 0.280 e. The molecule has 1 N–H and O–H groups in total. The standard InChI is InChI=1S/C26H24N2O4S/c1-31-21-12-8-19(9-13-21)16-23-25(30)28(27-24(29)17-18-6-4-3-5-7-18)26(33-23)20-10-14-22(32-2)15-11-20/h3-16,26H,17H2,1-2H3,(H,27,29)/b23-16-. The Bertz CT molecular complexity index is 1150. The van der Waals surface area contributed by atoms with Crippen molar-refractivity contribution in [2.75, 3.05) is 14.2 Å². The van der Waals surface area contributed by atoms with Gasteiger partial charge in [0.25, 0.3) is 5.91 Å². The van der Waals surface area contributed by atoms with Crippen molar-refractivity contribution in [3.8, 4) is 11.5 Å². The summed E-state index contributed by atoms with van der Waals surface area (Å²) in [5.74, 6) is 0.965. The molecule has 7 heteroatoms. The third kappa shape index (κ3) is 5.38. The van der Waals surface area contributed by atoms with Crippen molar-refractivity contribution in [2.45, 2.75) is 11.8 Å². The van der Waals surface area contributed by atoms with Crippen LogP contribution in [-0.2, 0) is 16.0 Å². The summed E-state index contributed by atoms with van der Waals surface area (Å²) >= 11 is 1.40. The Hall–Kier alpha value is -3.71. The highest BCUT2D eigenvalue weighted by molar-refractivity contribution is 8.04. The van der Waals surface area contributed by atoms with Crippen molar-refractivity contribution in [3.05, 3.63) is 100 Å². The number of thioether (sulfide) groups is 1. The van der Waals surface area contributed by atoms with Crippen LogP contribution in [0.25, 0.3) is 6.08 Å². The normalized spacial score (nSPS) is 16.7. The first-order valence-electron chi connectivity index (χ1n) is 10.4. The first-order chi connectivity index (χ1) is 16.1. The molecule has 3 aromatic rings. The summed E-state index contributed by atoms with van der Waals surface area (Å²) in [6.45, 7) is 0. The lowest BCUT2D eigenvalue weighted by molar-refractivity contribution is -0.137. The van der Waals surface area contributed by atoms with E-state index < -0.39 is 5.37 Å². The lowest BCUT2D eigenvalue weighted by atomic mass is 10.1. The van der Waals surface area contributed by atoms with Gasteiger partial charge in [-0.1, -0.05) is 66.4 Å². The second kappa shape index (κ2) is 10.3. The number of nitrogens with zero attached hydrogens (tertiary/aromatic N) is 1. The Morgan fingerprint density at radius 3 is 2.15 bits per heavy atom. The number of amides is 2. The number of carbonyl (C=O) groups excluding carboxylic acids is 2. The number of rotatable bonds is 7. The van der Waals surface area contributed by atoms with Crippen LogP contribution >= 0.6 is 11.8 Å². The predicted molar refractivity (Wildman–Crippen MR) is 129 cm³/mol. The van der Waals surface area contributed by atoms with Crippen LogP contribution in [0.5, 0.6) is 11.5 Å². The fourth-order valence-electron chi connectivity index (χ4n) is 3.45. The number of hydrazine groups is 1. The van der Waals surface area contributed by atoms with Crippen molar-refractivity contribution in [3.63, 3.8) is 0 Å². The second-order valence-electron chi connectivity index (χ2n) is 7.40. The van der Waals surface area contributed by atoms with Crippen LogP contribution in [0.4, 0.5) is 0 Å². The minimum Gasteiger partial charge on any atom is -0.497 e. The monoisotopic (exact) mass is 460 g/mol. The van der Waals surface area contributed by atoms with Gasteiger partial charge in [0.2, 0.25) is 5.91 Å². The van der Waals surface area contributed by atoms with E-state index in [0.717, 1.165) is 28.2 Å². The van der Waals surface area contributed by atoms with E-state index in [1.807, 2.05) is 84.9 Å². The average Bonchev–Trinajstić information content (AvgIpc) is 3.15. The van der Waals surface area contributed by atoms with E-state index in [0.29, 0.717) is 4.91 Å². The van der Waals surface area contributed by atoms with Gasteiger partial charge < -0.3 is 9.47 Å². The molecule has 1 aliphatic rings. The Morgan fingerprint density at radius 1 is 0.939 bits per heavy atom. The largest absolute Gasteiger partial charge is 0.497 e. The zero-order chi connectivity index (χ0) is 23.2. The average molecular weight is 461 g/mol. The molecule has 3 aromatic carbocycles. The Balaban J connectivity index is 1.60. The van der Waals surface area contributed by atoms with E-state index in [4.69, 9.17) is 9.47 Å². The second-order valence-corrected chi connectivity index (χ2v) is 8.52. The van der Waals surface area contributed by atoms with Crippen LogP contribution in [-0.4, -0.2) is 31.0 Å². The van der Waals surface area contributed by atoms with E-state index in [2.05, 4.69) is 5.43 Å². The molecule has 1 unspecified atom stereocenters. The molecular formula is C26H24N2O4S. The summed E-state index contributed by atoms with van der Waals surface area (Å²) in [4.78, 5) is 26.6. The van der Waals surface area contributed by atoms with Crippen LogP contribution < -0.4 is 14.9 Å². The van der Waals surface area contributed by atoms with Gasteiger partial charge in [-0.25, -0.2) is 5.01 Å². The first kappa shape index (κ1) is 22.5. The van der Waals surface area contributed by atoms with Crippen molar-refractivity contribution in [1.82, 2.24) is 10.4 Å². The first-order valence-corrected chi connectivity index (χ1v) is 11.3. The van der Waals surface area contributed by atoms with E-state index in [1.165, 1.54) is 16.8 Å². The minimum absolute atomic E-state index is 0.183. The molecule has 4 rings (SSSR count). The van der Waals surface area contributed by atoms with Crippen LogP contribution in [0.1, 0.15) is 22.1 Å². The van der Waals surface area contributed by atoms with Gasteiger partial charge in [0.15, 0.2) is 0 Å². The van der Waals surface area contributed by atoms with Gasteiger partial charge in [0, 0.05) is 0 Å². The van der Waals surface area contributed by atoms with Gasteiger partial charge in [0.05, 0.1) is 25.5 Å². The summed E-state index contributed by atoms with van der Waals surface area (Å²) < 4.78 is 10.5. The molecule has 0 saturated carbocycles. The number of benzene rings is 3. The summed E-state index contributed by atoms with van der Waals surface area (Å²) in [5, 5.41) is 1.01. The lowest BCUT2D eigenvalue weighted by Crippen LogP contribution is -2.44. The maximum Gasteiger partial charge on any atom is 0.280 e. The third-order valence-electron chi connectivity index (χ3n) is 5.17. The Labute approximate surface area is 197 Å². The molecular weight excluding hydrogens is 436 g/mol. The topological polar surface area (TPSA) is 67.9 Å². The molecule has 0 aromatic heterocycles. The van der Waals surface area contributed by atoms with Crippen LogP contribution in [0.3, 0.4) is 0 Å². The molecule has 1 saturated heterocycles. The number of nitrogens with one attached hydrogen (secondary N) is 1. The van der Waals surface area contributed by atoms with E-state index >= 15 is 0 Å². The van der Waals surface area contributed by atoms with Gasteiger partial charge in [-0.3, -0.25) is 15.0 Å². The van der Waals surface area contributed by atoms with Gasteiger partial charge >= 0.3 is 0 Å². The Morgan fingerprint density at radius 2 is 1.55 bits per heavy atom. The van der Waals surface area contributed by atoms with Crippen LogP contribution in [0, 0.1) is 0 Å². The molecule has 1 heterocycles. The quantitative estimate of drug-likeness (QED) is 0.522. The highest BCUT2D eigenvalue weighted by atomic mass is 32.2. The number of methoxy groups -OCH3 is 2. The van der Waals surface area contributed by atoms with Crippen LogP contribution in [0.15, 0.2) is 83.8 Å². The highest BCUT2D eigenvalue weighted by Crippen LogP contribution is 2.45. The zero-order valence-corrected chi connectivity index (χ0v) is 19.2. The molecule has 168 valence electrons. The lowest BCUT2D eigenvalue weighted by Gasteiger charge is -2.24. The van der Waals surface area contributed by atoms with Gasteiger partial charge in [-0.05, 0) is 47.0 Å². The minimum atomic E-state index is -0.396. The van der Waals surface area contributed by atoms with Crippen molar-refractivity contribution in [2.24, 2.45) is 0 Å². The molecule has 2 amide bonds. The van der Waals surface area contributed by atoms with Gasteiger partial charge in [-0.15, -0.1) is 0 Å². The summed E-state index contributed by atoms with van der Waals surface area (Å²) in [6.07, 6.45) is 2.01. The molecule has 1 atom stereocenters. The maximum atomic E-state index is 13.3. The predicted octanol–water partition coefficient (Wildman–Crippen LogP) is 4.59. The van der Waals surface area contributed by atoms with E-state index in [1.54, 1.807) is 14.2 Å². The van der Waals surface area contributed by atoms with Crippen LogP contribution in [0.2, 0.25) is 0 Å². The molecule has 1 aliphatic heterocycles. The number of hydrogen-bond donors (Lipinski definition) is 1. The van der Waals surface area contributed by atoms with Gasteiger partial charge in [-0.2, -0.15) is 0 Å². The molecule has 1 fully saturated rings. The highest BCUT2D eigenvalue weighted by Gasteiger charge is 2.38. The SMILES string of the molecule is COc1ccc(/C=C2\SC(c3ccc(OC)cc3)N(NC(=O)Cc3ccccc3)C2=O)cc1. The van der Waals surface area contributed by atoms with Crippen molar-refractivity contribution < 1.29 is 19.1 Å². The summed E-state index contributed by atoms with van der Waals surface area (Å²) in [5.41, 5.74) is 5.45. The fourth-order valence-corrected chi connectivity index (χ4v) is 4.64. The van der Waals surface area contributed by atoms with E-state index in [-0.39, 0.29) is 18.2 Å². The van der Waals surface area contributed by atoms with Crippen molar-refractivity contribution >= 4 is 29.7 Å². The molecule has 0 spiro atoms. The zero-order valence-electron chi connectivity index (χ0n) is 18.4. The number of ether oxygens (including phenoxy) is 2. The molecule has 0 aliphatic carbocycles. The third-order valence-corrected chi connectivity index (χ3v) is 6.42. The number of hydrogen-bond acceptors (Lipinski definition) is 5. The maximum absolute atomic E-state index is 13.3. The molecule has 33 heavy (non-hydrogen) atoms. The Kier molecular flexibility index (Phi) is 7.00. The van der Waals surface area contributed by atoms with Gasteiger partial charge in [0.1, 0.15) is 16.9 Å². The van der Waals surface area contributed by atoms with Crippen molar-refractivity contribution in [1.29, 1.82) is 0 Å². The fraction of sp³-hybridized carbons (Fsp3) is 0.154. The summed E-state index contributed by atoms with van der Waals surface area (Å²) in [6, 6.07) is 24.4. The van der Waals surface area contributed by atoms with E-state index in [9.17, 15) is 9.59 Å². The molecule has 0 bridgehead atoms. The number of carbonyl (C=O) groups is 2. The molecule has 0 radical (unpaired) electrons.